The highest BCUT2D eigenvalue weighted by molar-refractivity contribution is 8.23. The van der Waals surface area contributed by atoms with Gasteiger partial charge in [0.1, 0.15) is 16.5 Å². The van der Waals surface area contributed by atoms with Crippen LogP contribution in [0.5, 0.6) is 0 Å². The Morgan fingerprint density at radius 2 is 2.03 bits per heavy atom. The van der Waals surface area contributed by atoms with Crippen LogP contribution in [0.1, 0.15) is 34.6 Å². The van der Waals surface area contributed by atoms with Crippen molar-refractivity contribution in [3.05, 3.63) is 12.2 Å². The maximum Gasteiger partial charge on any atom is 0.303 e. The standard InChI is InChI=1S/C20H33NO5S2Si/c1-13(18(23)21-10-11-28-19(21)27)15-8-9-16(25-14(2)22)17(26-15)12-24-29(6,7)20(3,4)5/h8-9,13,15-17H,10-12H2,1-7H3/t13?,15?,16-,17?/m0/s1. The van der Waals surface area contributed by atoms with Gasteiger partial charge in [-0.1, -0.05) is 57.8 Å². The number of thioether (sulfide) groups is 1. The van der Waals surface area contributed by atoms with E-state index >= 15 is 0 Å². The van der Waals surface area contributed by atoms with Gasteiger partial charge in [0.2, 0.25) is 5.91 Å². The van der Waals surface area contributed by atoms with Crippen molar-refractivity contribution in [2.75, 3.05) is 18.9 Å². The van der Waals surface area contributed by atoms with E-state index in [-0.39, 0.29) is 16.9 Å². The van der Waals surface area contributed by atoms with Gasteiger partial charge in [-0.3, -0.25) is 14.5 Å². The molecule has 29 heavy (non-hydrogen) atoms. The molecule has 1 fully saturated rings. The monoisotopic (exact) mass is 459 g/mol. The van der Waals surface area contributed by atoms with Crippen molar-refractivity contribution in [1.82, 2.24) is 4.90 Å². The molecule has 0 aromatic carbocycles. The van der Waals surface area contributed by atoms with Crippen LogP contribution in [0.4, 0.5) is 0 Å². The summed E-state index contributed by atoms with van der Waals surface area (Å²) in [6.07, 6.45) is 2.22. The van der Waals surface area contributed by atoms with E-state index in [1.807, 2.05) is 19.1 Å². The Labute approximate surface area is 184 Å². The molecule has 0 radical (unpaired) electrons. The highest BCUT2D eigenvalue weighted by Crippen LogP contribution is 2.37. The second-order valence-electron chi connectivity index (χ2n) is 9.06. The predicted octanol–water partition coefficient (Wildman–Crippen LogP) is 3.76. The lowest BCUT2D eigenvalue weighted by atomic mass is 9.98. The second-order valence-corrected chi connectivity index (χ2v) is 15.6. The second kappa shape index (κ2) is 9.59. The van der Waals surface area contributed by atoms with Crippen molar-refractivity contribution in [2.45, 2.75) is 71.1 Å². The molecule has 4 atom stereocenters. The molecule has 3 unspecified atom stereocenters. The first-order valence-electron chi connectivity index (χ1n) is 9.96. The zero-order valence-corrected chi connectivity index (χ0v) is 21.0. The van der Waals surface area contributed by atoms with Gasteiger partial charge in [0.05, 0.1) is 18.6 Å². The molecule has 0 bridgehead atoms. The van der Waals surface area contributed by atoms with Crippen molar-refractivity contribution in [3.63, 3.8) is 0 Å². The fourth-order valence-corrected chi connectivity index (χ4v) is 5.11. The van der Waals surface area contributed by atoms with Crippen molar-refractivity contribution < 1.29 is 23.5 Å². The highest BCUT2D eigenvalue weighted by Gasteiger charge is 2.41. The summed E-state index contributed by atoms with van der Waals surface area (Å²) in [4.78, 5) is 26.1. The molecule has 1 saturated heterocycles. The summed E-state index contributed by atoms with van der Waals surface area (Å²) in [7, 11) is -2.00. The lowest BCUT2D eigenvalue weighted by Gasteiger charge is -2.40. The minimum absolute atomic E-state index is 0.0374. The SMILES string of the molecule is CC(=O)O[C@H]1C=CC(C(C)C(=O)N2CCSC2=S)OC1CO[Si](C)(C)C(C)(C)C. The zero-order chi connectivity index (χ0) is 22.0. The molecule has 2 rings (SSSR count). The third-order valence-corrected chi connectivity index (χ3v) is 11.7. The van der Waals surface area contributed by atoms with Gasteiger partial charge in [-0.25, -0.2) is 0 Å². The number of carbonyl (C=O) groups excluding carboxylic acids is 2. The van der Waals surface area contributed by atoms with E-state index in [1.165, 1.54) is 18.7 Å². The van der Waals surface area contributed by atoms with E-state index in [2.05, 4.69) is 33.9 Å². The largest absolute Gasteiger partial charge is 0.455 e. The normalized spacial score (nSPS) is 26.5. The maximum absolute atomic E-state index is 12.9. The zero-order valence-electron chi connectivity index (χ0n) is 18.4. The van der Waals surface area contributed by atoms with Crippen LogP contribution in [0.15, 0.2) is 12.2 Å². The van der Waals surface area contributed by atoms with Crippen molar-refractivity contribution >= 4 is 48.5 Å². The first-order chi connectivity index (χ1) is 13.3. The van der Waals surface area contributed by atoms with E-state index < -0.39 is 32.5 Å². The van der Waals surface area contributed by atoms with Gasteiger partial charge in [-0.15, -0.1) is 0 Å². The molecule has 0 spiro atoms. The number of carbonyl (C=O) groups is 2. The van der Waals surface area contributed by atoms with Crippen LogP contribution >= 0.6 is 24.0 Å². The van der Waals surface area contributed by atoms with Crippen LogP contribution in [0.2, 0.25) is 18.1 Å². The van der Waals surface area contributed by atoms with Gasteiger partial charge in [0.25, 0.3) is 0 Å². The van der Waals surface area contributed by atoms with Crippen molar-refractivity contribution in [1.29, 1.82) is 0 Å². The molecule has 0 N–H and O–H groups in total. The molecular formula is C20H33NO5S2Si. The molecule has 6 nitrogen and oxygen atoms in total. The van der Waals surface area contributed by atoms with Crippen molar-refractivity contribution in [2.24, 2.45) is 5.92 Å². The Kier molecular flexibility index (Phi) is 8.11. The smallest absolute Gasteiger partial charge is 0.303 e. The maximum atomic E-state index is 12.9. The molecule has 2 heterocycles. The highest BCUT2D eigenvalue weighted by atomic mass is 32.2. The summed E-state index contributed by atoms with van der Waals surface area (Å²) in [6, 6.07) is 0. The number of thiocarbonyl (C=S) groups is 1. The summed E-state index contributed by atoms with van der Waals surface area (Å²) in [5.74, 6) is 0.0275. The van der Waals surface area contributed by atoms with Crippen LogP contribution < -0.4 is 0 Å². The predicted molar refractivity (Wildman–Crippen MR) is 122 cm³/mol. The molecule has 0 aliphatic carbocycles. The molecule has 0 saturated carbocycles. The summed E-state index contributed by atoms with van der Waals surface area (Å²) in [5.41, 5.74) is 0. The third kappa shape index (κ3) is 6.13. The van der Waals surface area contributed by atoms with E-state index in [4.69, 9.17) is 26.1 Å². The lowest BCUT2D eigenvalue weighted by molar-refractivity contribution is -0.161. The number of hydrogen-bond acceptors (Lipinski definition) is 7. The van der Waals surface area contributed by atoms with Crippen LogP contribution in [-0.2, 0) is 23.5 Å². The van der Waals surface area contributed by atoms with Gasteiger partial charge in [-0.2, -0.15) is 0 Å². The summed E-state index contributed by atoms with van der Waals surface area (Å²) in [6.45, 7) is 15.0. The number of nitrogens with zero attached hydrogens (tertiary/aromatic N) is 1. The molecule has 0 aromatic rings. The van der Waals surface area contributed by atoms with Gasteiger partial charge in [0, 0.05) is 19.2 Å². The third-order valence-electron chi connectivity index (χ3n) is 5.81. The first-order valence-corrected chi connectivity index (χ1v) is 14.3. The van der Waals surface area contributed by atoms with Gasteiger partial charge in [0.15, 0.2) is 8.32 Å². The first kappa shape index (κ1) is 24.5. The fraction of sp³-hybridized carbons (Fsp3) is 0.750. The molecule has 164 valence electrons. The molecule has 2 aliphatic heterocycles. The Morgan fingerprint density at radius 3 is 2.55 bits per heavy atom. The molecule has 1 amide bonds. The van der Waals surface area contributed by atoms with Crippen LogP contribution in [0.25, 0.3) is 0 Å². The van der Waals surface area contributed by atoms with Crippen LogP contribution in [-0.4, -0.2) is 66.6 Å². The number of esters is 1. The van der Waals surface area contributed by atoms with Gasteiger partial charge in [-0.05, 0) is 24.2 Å². The average Bonchev–Trinajstić information content (AvgIpc) is 3.04. The Morgan fingerprint density at radius 1 is 1.38 bits per heavy atom. The van der Waals surface area contributed by atoms with Crippen LogP contribution in [0.3, 0.4) is 0 Å². The summed E-state index contributed by atoms with van der Waals surface area (Å²) < 4.78 is 18.6. The number of ether oxygens (including phenoxy) is 2. The van der Waals surface area contributed by atoms with Gasteiger partial charge >= 0.3 is 5.97 Å². The Hall–Kier alpha value is -0.743. The Bertz CT molecular complexity index is 676. The molecule has 9 heteroatoms. The quantitative estimate of drug-likeness (QED) is 0.259. The average molecular weight is 460 g/mol. The minimum atomic E-state index is -2.00. The lowest BCUT2D eigenvalue weighted by Crippen LogP contribution is -2.49. The van der Waals surface area contributed by atoms with Gasteiger partial charge < -0.3 is 13.9 Å². The molecule has 0 aromatic heterocycles. The molecule has 2 aliphatic rings. The van der Waals surface area contributed by atoms with E-state index in [9.17, 15) is 9.59 Å². The molecular weight excluding hydrogens is 426 g/mol. The summed E-state index contributed by atoms with van der Waals surface area (Å²) >= 11 is 6.80. The number of hydrogen-bond donors (Lipinski definition) is 0. The van der Waals surface area contributed by atoms with E-state index in [1.54, 1.807) is 4.90 Å². The van der Waals surface area contributed by atoms with E-state index in [0.29, 0.717) is 17.5 Å². The summed E-state index contributed by atoms with van der Waals surface area (Å²) in [5, 5.41) is 0.0558. The minimum Gasteiger partial charge on any atom is -0.455 e. The van der Waals surface area contributed by atoms with Crippen LogP contribution in [0, 0.1) is 5.92 Å². The Balaban J connectivity index is 2.12. The van der Waals surface area contributed by atoms with E-state index in [0.717, 1.165) is 5.75 Å². The fourth-order valence-electron chi connectivity index (χ4n) is 2.88. The number of rotatable bonds is 6. The van der Waals surface area contributed by atoms with Crippen molar-refractivity contribution in [3.8, 4) is 0 Å². The topological polar surface area (TPSA) is 65.1 Å². The number of amides is 1.